The van der Waals surface area contributed by atoms with Crippen molar-refractivity contribution in [3.8, 4) is 0 Å². The molecule has 2 rings (SSSR count). The highest BCUT2D eigenvalue weighted by Gasteiger charge is 2.26. The molecule has 21 heavy (non-hydrogen) atoms. The van der Waals surface area contributed by atoms with Gasteiger partial charge in [0, 0.05) is 42.8 Å². The highest BCUT2D eigenvalue weighted by atomic mass is 35.5. The third-order valence-electron chi connectivity index (χ3n) is 4.79. The maximum absolute atomic E-state index is 5.97. The molecule has 1 aromatic rings. The summed E-state index contributed by atoms with van der Waals surface area (Å²) in [5.41, 5.74) is 1.32. The van der Waals surface area contributed by atoms with Crippen LogP contribution in [0.2, 0.25) is 5.02 Å². The molecule has 0 radical (unpaired) electrons. The minimum atomic E-state index is 0.396. The Hall–Kier alpha value is -0.610. The van der Waals surface area contributed by atoms with Gasteiger partial charge in [-0.3, -0.25) is 4.90 Å². The molecule has 3 atom stereocenters. The van der Waals surface area contributed by atoms with Crippen molar-refractivity contribution in [1.29, 1.82) is 0 Å². The van der Waals surface area contributed by atoms with Gasteiger partial charge in [-0.05, 0) is 52.1 Å². The number of nitrogens with one attached hydrogen (secondary N) is 1. The standard InChI is InChI=1S/C17H28ClN3/c1-13-11-21(12-14(2)20(13)4)10-9-17(19-3)15-5-7-16(18)8-6-15/h5-8,13-14,17,19H,9-12H2,1-4H3. The number of hydrogen-bond acceptors (Lipinski definition) is 3. The molecular weight excluding hydrogens is 282 g/mol. The predicted octanol–water partition coefficient (Wildman–Crippen LogP) is 3.02. The molecule has 0 amide bonds. The Morgan fingerprint density at radius 1 is 1.19 bits per heavy atom. The normalized spacial score (nSPS) is 26.0. The Morgan fingerprint density at radius 3 is 2.29 bits per heavy atom. The summed E-state index contributed by atoms with van der Waals surface area (Å²) in [5, 5.41) is 4.23. The van der Waals surface area contributed by atoms with Crippen molar-refractivity contribution in [3.63, 3.8) is 0 Å². The van der Waals surface area contributed by atoms with Gasteiger partial charge in [0.15, 0.2) is 0 Å². The number of hydrogen-bond donors (Lipinski definition) is 1. The van der Waals surface area contributed by atoms with Gasteiger partial charge < -0.3 is 10.2 Å². The Bertz CT molecular complexity index is 422. The molecule has 118 valence electrons. The molecule has 0 saturated carbocycles. The van der Waals surface area contributed by atoms with Crippen molar-refractivity contribution in [3.05, 3.63) is 34.9 Å². The highest BCUT2D eigenvalue weighted by molar-refractivity contribution is 6.30. The molecule has 1 fully saturated rings. The average Bonchev–Trinajstić information content (AvgIpc) is 2.47. The minimum Gasteiger partial charge on any atom is -0.313 e. The SMILES string of the molecule is CNC(CCN1CC(C)N(C)C(C)C1)c1ccc(Cl)cc1. The number of nitrogens with zero attached hydrogens (tertiary/aromatic N) is 2. The second-order valence-corrected chi connectivity index (χ2v) is 6.74. The molecule has 1 aromatic carbocycles. The highest BCUT2D eigenvalue weighted by Crippen LogP contribution is 2.21. The first-order valence-electron chi connectivity index (χ1n) is 7.88. The number of rotatable bonds is 5. The van der Waals surface area contributed by atoms with Gasteiger partial charge in [0.05, 0.1) is 0 Å². The quantitative estimate of drug-likeness (QED) is 0.902. The van der Waals surface area contributed by atoms with Gasteiger partial charge in [0.1, 0.15) is 0 Å². The van der Waals surface area contributed by atoms with E-state index in [1.165, 1.54) is 5.56 Å². The van der Waals surface area contributed by atoms with Crippen molar-refractivity contribution in [1.82, 2.24) is 15.1 Å². The first-order chi connectivity index (χ1) is 10.0. The second kappa shape index (κ2) is 7.59. The molecule has 1 heterocycles. The summed E-state index contributed by atoms with van der Waals surface area (Å²) >= 11 is 5.97. The van der Waals surface area contributed by atoms with Crippen LogP contribution in [0.3, 0.4) is 0 Å². The minimum absolute atomic E-state index is 0.396. The summed E-state index contributed by atoms with van der Waals surface area (Å²) in [6, 6.07) is 9.86. The molecule has 3 unspecified atom stereocenters. The molecule has 4 heteroatoms. The van der Waals surface area contributed by atoms with E-state index in [4.69, 9.17) is 11.6 Å². The zero-order chi connectivity index (χ0) is 15.4. The summed E-state index contributed by atoms with van der Waals surface area (Å²) in [7, 11) is 4.27. The fourth-order valence-electron chi connectivity index (χ4n) is 3.18. The summed E-state index contributed by atoms with van der Waals surface area (Å²) in [4.78, 5) is 5.07. The van der Waals surface area contributed by atoms with Crippen LogP contribution in [0.25, 0.3) is 0 Å². The lowest BCUT2D eigenvalue weighted by Gasteiger charge is -2.42. The Kier molecular flexibility index (Phi) is 6.06. The van der Waals surface area contributed by atoms with Crippen LogP contribution in [-0.4, -0.2) is 55.6 Å². The summed E-state index contributed by atoms with van der Waals surface area (Å²) in [6.45, 7) is 8.10. The van der Waals surface area contributed by atoms with E-state index in [1.807, 2.05) is 19.2 Å². The fourth-order valence-corrected chi connectivity index (χ4v) is 3.31. The second-order valence-electron chi connectivity index (χ2n) is 6.30. The molecule has 0 bridgehead atoms. The maximum Gasteiger partial charge on any atom is 0.0406 e. The van der Waals surface area contributed by atoms with Gasteiger partial charge in [0.25, 0.3) is 0 Å². The smallest absolute Gasteiger partial charge is 0.0406 e. The monoisotopic (exact) mass is 309 g/mol. The number of piperazine rings is 1. The van der Waals surface area contributed by atoms with Crippen LogP contribution in [0, 0.1) is 0 Å². The average molecular weight is 310 g/mol. The van der Waals surface area contributed by atoms with E-state index in [9.17, 15) is 0 Å². The van der Waals surface area contributed by atoms with Crippen molar-refractivity contribution < 1.29 is 0 Å². The van der Waals surface area contributed by atoms with Crippen LogP contribution in [0.15, 0.2) is 24.3 Å². The van der Waals surface area contributed by atoms with Crippen LogP contribution < -0.4 is 5.32 Å². The summed E-state index contributed by atoms with van der Waals surface area (Å²) < 4.78 is 0. The molecule has 0 aromatic heterocycles. The van der Waals surface area contributed by atoms with E-state index in [2.05, 4.69) is 48.1 Å². The summed E-state index contributed by atoms with van der Waals surface area (Å²) in [6.07, 6.45) is 1.13. The van der Waals surface area contributed by atoms with Gasteiger partial charge >= 0.3 is 0 Å². The zero-order valence-corrected chi connectivity index (χ0v) is 14.4. The topological polar surface area (TPSA) is 18.5 Å². The van der Waals surface area contributed by atoms with Crippen molar-refractivity contribution in [2.24, 2.45) is 0 Å². The van der Waals surface area contributed by atoms with Crippen LogP contribution in [0.1, 0.15) is 31.9 Å². The first kappa shape index (κ1) is 16.8. The van der Waals surface area contributed by atoms with E-state index in [0.717, 1.165) is 31.1 Å². The third kappa shape index (κ3) is 4.43. The molecule has 0 aliphatic carbocycles. The Labute approximate surface area is 134 Å². The Morgan fingerprint density at radius 2 is 1.76 bits per heavy atom. The van der Waals surface area contributed by atoms with E-state index in [0.29, 0.717) is 18.1 Å². The lowest BCUT2D eigenvalue weighted by Crippen LogP contribution is -2.55. The maximum atomic E-state index is 5.97. The number of likely N-dealkylation sites (N-methyl/N-ethyl adjacent to an activating group) is 1. The van der Waals surface area contributed by atoms with Crippen LogP contribution in [0.5, 0.6) is 0 Å². The number of halogens is 1. The molecule has 1 aliphatic heterocycles. The van der Waals surface area contributed by atoms with Gasteiger partial charge in [-0.25, -0.2) is 0 Å². The molecule has 3 nitrogen and oxygen atoms in total. The van der Waals surface area contributed by atoms with Crippen LogP contribution in [0.4, 0.5) is 0 Å². The fraction of sp³-hybridized carbons (Fsp3) is 0.647. The molecule has 1 aliphatic rings. The predicted molar refractivity (Wildman–Crippen MR) is 91.0 cm³/mol. The van der Waals surface area contributed by atoms with E-state index in [-0.39, 0.29) is 0 Å². The molecule has 1 N–H and O–H groups in total. The van der Waals surface area contributed by atoms with E-state index < -0.39 is 0 Å². The third-order valence-corrected chi connectivity index (χ3v) is 5.04. The Balaban J connectivity index is 1.90. The van der Waals surface area contributed by atoms with Crippen molar-refractivity contribution in [2.75, 3.05) is 33.7 Å². The van der Waals surface area contributed by atoms with Crippen molar-refractivity contribution >= 4 is 11.6 Å². The molecule has 0 spiro atoms. The van der Waals surface area contributed by atoms with Gasteiger partial charge in [-0.1, -0.05) is 23.7 Å². The zero-order valence-electron chi connectivity index (χ0n) is 13.6. The van der Waals surface area contributed by atoms with Gasteiger partial charge in [0.2, 0.25) is 0 Å². The molecule has 1 saturated heterocycles. The number of benzene rings is 1. The lowest BCUT2D eigenvalue weighted by atomic mass is 10.0. The van der Waals surface area contributed by atoms with Gasteiger partial charge in [-0.15, -0.1) is 0 Å². The first-order valence-corrected chi connectivity index (χ1v) is 8.26. The largest absolute Gasteiger partial charge is 0.313 e. The lowest BCUT2D eigenvalue weighted by molar-refractivity contribution is 0.0579. The summed E-state index contributed by atoms with van der Waals surface area (Å²) in [5.74, 6) is 0. The van der Waals surface area contributed by atoms with E-state index >= 15 is 0 Å². The van der Waals surface area contributed by atoms with E-state index in [1.54, 1.807) is 0 Å². The van der Waals surface area contributed by atoms with Crippen LogP contribution in [-0.2, 0) is 0 Å². The van der Waals surface area contributed by atoms with Crippen molar-refractivity contribution in [2.45, 2.75) is 38.4 Å². The van der Waals surface area contributed by atoms with Crippen LogP contribution >= 0.6 is 11.6 Å². The van der Waals surface area contributed by atoms with Gasteiger partial charge in [-0.2, -0.15) is 0 Å². The molecular formula is C17H28ClN3.